The molecule has 100 heavy (non-hydrogen) atoms. The first-order chi connectivity index (χ1) is 47.6. The van der Waals surface area contributed by atoms with E-state index in [-0.39, 0.29) is 77.8 Å². The number of amides is 8. The molecule has 0 aromatic heterocycles. The summed E-state index contributed by atoms with van der Waals surface area (Å²) < 4.78 is 7.25. The van der Waals surface area contributed by atoms with Crippen LogP contribution in [0.2, 0.25) is 0 Å². The summed E-state index contributed by atoms with van der Waals surface area (Å²) in [6, 6.07) is 19.1. The number of unbranched alkanes of at least 4 members (excludes halogenated alkanes) is 2. The molecule has 1 saturated carbocycles. The van der Waals surface area contributed by atoms with Crippen molar-refractivity contribution in [3.8, 4) is 28.2 Å². The van der Waals surface area contributed by atoms with Gasteiger partial charge in [0.1, 0.15) is 59.4 Å². The van der Waals surface area contributed by atoms with Crippen LogP contribution in [-0.2, 0) is 44.8 Å². The molecule has 2 aliphatic carbocycles. The van der Waals surface area contributed by atoms with E-state index in [4.69, 9.17) is 22.4 Å². The van der Waals surface area contributed by atoms with Crippen LogP contribution in [0, 0.1) is 5.92 Å². The number of nitrogens with one attached hydrogen (secondary N) is 9. The molecule has 0 bridgehead atoms. The number of aromatic carboxylic acids is 1. The zero-order chi connectivity index (χ0) is 72.8. The Balaban J connectivity index is 0.966. The first-order valence-electron chi connectivity index (χ1n) is 33.1. The topological polar surface area (TPSA) is 416 Å². The minimum absolute atomic E-state index is 0.0269. The average molecular weight is 1460 g/mol. The molecule has 27 nitrogen and oxygen atoms in total. The van der Waals surface area contributed by atoms with Gasteiger partial charge in [0.05, 0.1) is 39.9 Å². The van der Waals surface area contributed by atoms with E-state index in [0.717, 1.165) is 22.9 Å². The number of primary amides is 1. The van der Waals surface area contributed by atoms with Crippen LogP contribution in [0.4, 0.5) is 5.69 Å². The monoisotopic (exact) mass is 1460 g/mol. The zero-order valence-corrected chi connectivity index (χ0v) is 58.4. The number of quaternary nitrogens is 1. The molecule has 0 spiro atoms. The largest absolute Gasteiger partial charge is 0.508 e. The first-order valence-corrected chi connectivity index (χ1v) is 34.3. The van der Waals surface area contributed by atoms with Crippen LogP contribution in [0.15, 0.2) is 123 Å². The van der Waals surface area contributed by atoms with E-state index < -0.39 is 121 Å². The fraction of sp³-hybridized carbons (Fsp3) is 0.408. The molecule has 15 N–H and O–H groups in total. The Morgan fingerprint density at radius 3 is 1.90 bits per heavy atom. The maximum atomic E-state index is 14.7. The molecule has 1 heterocycles. The summed E-state index contributed by atoms with van der Waals surface area (Å²) in [6.45, 7) is 1.55. The number of rotatable bonds is 36. The average Bonchev–Trinajstić information content (AvgIpc) is 0.813. The third-order valence-corrected chi connectivity index (χ3v) is 17.9. The molecule has 8 amide bonds. The number of benzene rings is 5. The number of aliphatic hydroxyl groups excluding tert-OH is 1. The second kappa shape index (κ2) is 36.8. The highest BCUT2D eigenvalue weighted by Crippen LogP contribution is 2.42. The van der Waals surface area contributed by atoms with Crippen molar-refractivity contribution in [3.63, 3.8) is 0 Å². The standard InChI is InChI=1S/C71H86BrN11O16S/c1-5-51(76-67(94)55(35-40-15-7-6-8-16-40)80-63(90)42-21-23-43(72)24-22-42)64(91)82-61(41-17-9-10-18-41)69(96)79-53(20-12-14-34-83(2,3)4)65(92)81-56(39-84)68(95)78-54(31-32-59(87)88)66(93)77-52(62(73)89)19-11-13-33-74-71(100)75-44-25-28-47(50(36-44)70(97)98)60-48-29-26-45(85)37-57(48)99-58-38-46(86)27-30-49(58)60/h6-8,15-16,21-30,36-38,41,51-56,61,84H,5,9-14,17-20,31-35,39H2,1-4H3,(H13-,73,74,75,76,77,78,79,80,81,82,85,86,87,88,89,90,91,92,93,94,95,96,97,98,100)/p+1/t51-,52-,53-,54-,55-,56-,61-/m0/s1. The molecule has 4 aromatic carbocycles. The summed E-state index contributed by atoms with van der Waals surface area (Å²) in [6.07, 6.45) is 3.23. The van der Waals surface area contributed by atoms with Gasteiger partial charge in [0.25, 0.3) is 5.91 Å². The number of anilines is 1. The summed E-state index contributed by atoms with van der Waals surface area (Å²) in [7, 11) is 5.95. The number of halogens is 1. The van der Waals surface area contributed by atoms with Crippen molar-refractivity contribution in [2.45, 2.75) is 139 Å². The fourth-order valence-corrected chi connectivity index (χ4v) is 12.3. The Bertz CT molecular complexity index is 3960. The van der Waals surface area contributed by atoms with Crippen molar-refractivity contribution in [1.29, 1.82) is 0 Å². The van der Waals surface area contributed by atoms with E-state index in [0.29, 0.717) is 76.5 Å². The quantitative estimate of drug-likeness (QED) is 0.0107. The maximum absolute atomic E-state index is 14.7. The number of aromatic hydroxyl groups is 1. The summed E-state index contributed by atoms with van der Waals surface area (Å²) in [5, 5.41) is 66.0. The van der Waals surface area contributed by atoms with E-state index >= 15 is 0 Å². The Hall–Kier alpha value is -9.84. The first kappa shape index (κ1) is 77.5. The summed E-state index contributed by atoms with van der Waals surface area (Å²) in [5.74, 6) is -9.46. The van der Waals surface area contributed by atoms with Gasteiger partial charge in [-0.2, -0.15) is 0 Å². The van der Waals surface area contributed by atoms with Crippen LogP contribution in [0.3, 0.4) is 0 Å². The van der Waals surface area contributed by atoms with Crippen LogP contribution in [0.25, 0.3) is 33.4 Å². The Morgan fingerprint density at radius 2 is 1.25 bits per heavy atom. The van der Waals surface area contributed by atoms with E-state index in [2.05, 4.69) is 63.8 Å². The van der Waals surface area contributed by atoms with Crippen LogP contribution in [0.5, 0.6) is 5.75 Å². The predicted molar refractivity (Wildman–Crippen MR) is 381 cm³/mol. The number of phenolic OH excluding ortho intramolecular Hbond substituents is 1. The van der Waals surface area contributed by atoms with Crippen molar-refractivity contribution in [2.24, 2.45) is 11.7 Å². The molecule has 29 heteroatoms. The summed E-state index contributed by atoms with van der Waals surface area (Å²) in [5.41, 5.74) is 8.04. The van der Waals surface area contributed by atoms with Crippen LogP contribution in [0.1, 0.15) is 117 Å². The molecular weight excluding hydrogens is 1370 g/mol. The molecule has 7 atom stereocenters. The second-order valence-corrected chi connectivity index (χ2v) is 27.1. The number of aliphatic hydroxyl groups is 1. The van der Waals surface area contributed by atoms with Crippen LogP contribution < -0.4 is 59.0 Å². The molecule has 4 aromatic rings. The van der Waals surface area contributed by atoms with Gasteiger partial charge in [0.2, 0.25) is 41.4 Å². The number of carbonyl (C=O) groups is 10. The zero-order valence-electron chi connectivity index (χ0n) is 56.0. The number of hydrogen-bond acceptors (Lipinski definition) is 15. The van der Waals surface area contributed by atoms with Gasteiger partial charge in [0.15, 0.2) is 10.5 Å². The predicted octanol–water partition coefficient (Wildman–Crippen LogP) is 4.96. The molecule has 534 valence electrons. The smallest absolute Gasteiger partial charge is 0.336 e. The number of fused-ring (bicyclic) bond motifs is 2. The van der Waals surface area contributed by atoms with Crippen molar-refractivity contribution < 1.29 is 77.3 Å². The van der Waals surface area contributed by atoms with Crippen LogP contribution in [-0.4, -0.2) is 172 Å². The molecule has 1 fully saturated rings. The number of carboxylic acids is 2. The Labute approximate surface area is 591 Å². The normalized spacial score (nSPS) is 14.4. The van der Waals surface area contributed by atoms with Crippen LogP contribution >= 0.6 is 28.1 Å². The lowest BCUT2D eigenvalue weighted by Crippen LogP contribution is -2.61. The van der Waals surface area contributed by atoms with Crippen molar-refractivity contribution in [1.82, 2.24) is 42.5 Å². The summed E-state index contributed by atoms with van der Waals surface area (Å²) >= 11 is 8.87. The van der Waals surface area contributed by atoms with Gasteiger partial charge < -0.3 is 82.9 Å². The molecule has 7 rings (SSSR count). The molecule has 1 aliphatic heterocycles. The van der Waals surface area contributed by atoms with E-state index in [1.807, 2.05) is 27.2 Å². The van der Waals surface area contributed by atoms with Crippen molar-refractivity contribution >= 4 is 109 Å². The number of aliphatic carboxylic acids is 1. The lowest BCUT2D eigenvalue weighted by molar-refractivity contribution is -0.870. The molecule has 0 radical (unpaired) electrons. The van der Waals surface area contributed by atoms with Gasteiger partial charge >= 0.3 is 11.9 Å². The third kappa shape index (κ3) is 22.9. The van der Waals surface area contributed by atoms with Gasteiger partial charge in [-0.05, 0) is 154 Å². The maximum Gasteiger partial charge on any atom is 0.336 e. The molecule has 0 saturated heterocycles. The third-order valence-electron chi connectivity index (χ3n) is 17.1. The minimum Gasteiger partial charge on any atom is -0.508 e. The fourth-order valence-electron chi connectivity index (χ4n) is 11.8. The van der Waals surface area contributed by atoms with Crippen molar-refractivity contribution in [3.05, 3.63) is 141 Å². The molecule has 3 aliphatic rings. The van der Waals surface area contributed by atoms with E-state index in [1.54, 1.807) is 73.7 Å². The van der Waals surface area contributed by atoms with E-state index in [1.165, 1.54) is 36.4 Å². The Kier molecular flexibility index (Phi) is 28.6. The second-order valence-electron chi connectivity index (χ2n) is 25.8. The van der Waals surface area contributed by atoms with Gasteiger partial charge in [-0.25, -0.2) is 4.79 Å². The minimum atomic E-state index is -1.76. The van der Waals surface area contributed by atoms with Gasteiger partial charge in [-0.3, -0.25) is 47.9 Å². The lowest BCUT2D eigenvalue weighted by Gasteiger charge is -2.30. The highest BCUT2D eigenvalue weighted by molar-refractivity contribution is 9.10. The molecule has 0 unspecified atom stereocenters. The van der Waals surface area contributed by atoms with Gasteiger partial charge in [0, 0.05) is 63.8 Å². The highest BCUT2D eigenvalue weighted by atomic mass is 79.9. The highest BCUT2D eigenvalue weighted by Gasteiger charge is 2.38. The van der Waals surface area contributed by atoms with Gasteiger partial charge in [-0.1, -0.05) is 72.1 Å². The molecular formula is C71H87BrN11O16S+. The summed E-state index contributed by atoms with van der Waals surface area (Å²) in [4.78, 5) is 149. The SMILES string of the molecule is CC[C@H](NC(=O)[C@H](Cc1ccccc1)NC(=O)c1ccc(Br)cc1)C(=O)N[C@H](C(=O)N[C@@H](CCCC[N+](C)(C)C)C(=O)N[C@@H](CO)C(=O)N[C@@H](CCC(=O)O)C(=O)N[C@@H](CCCCNC(=S)Nc1ccc(-c2c3ccc(=O)cc-3oc3cc(O)ccc23)c(C(=O)O)c1)C(N)=O)C1CCCC1. The lowest BCUT2D eigenvalue weighted by atomic mass is 9.90. The number of hydrogen-bond donors (Lipinski definition) is 14. The number of carboxylic acid groups (broad SMARTS) is 2. The van der Waals surface area contributed by atoms with Gasteiger partial charge in [-0.15, -0.1) is 0 Å². The number of carbonyl (C=O) groups excluding carboxylic acids is 8. The number of thiocarbonyl (C=S) groups is 1. The Morgan fingerprint density at radius 1 is 0.650 bits per heavy atom. The number of phenols is 1. The number of nitrogens with zero attached hydrogens (tertiary/aromatic N) is 1. The number of nitrogens with two attached hydrogens (primary N) is 1. The van der Waals surface area contributed by atoms with E-state index in [9.17, 15) is 73.2 Å². The van der Waals surface area contributed by atoms with Crippen molar-refractivity contribution in [2.75, 3.05) is 46.2 Å².